The molecule has 0 amide bonds. The second kappa shape index (κ2) is 12.8. The number of para-hydroxylation sites is 1. The monoisotopic (exact) mass is 669 g/mol. The number of benzene rings is 3. The van der Waals surface area contributed by atoms with Crippen molar-refractivity contribution in [3.8, 4) is 5.75 Å². The Hall–Kier alpha value is -4.21. The average molecular weight is 671 g/mol. The maximum absolute atomic E-state index is 14.3. The lowest BCUT2D eigenvalue weighted by Crippen LogP contribution is -2.40. The summed E-state index contributed by atoms with van der Waals surface area (Å²) in [5.74, 6) is 0.179. The van der Waals surface area contributed by atoms with Crippen LogP contribution < -0.4 is 19.6 Å². The molecule has 0 spiro atoms. The van der Waals surface area contributed by atoms with Crippen molar-refractivity contribution in [2.45, 2.75) is 39.3 Å². The summed E-state index contributed by atoms with van der Waals surface area (Å²) in [6, 6.07) is 23.3. The topological polar surface area (TPSA) is 74.8 Å². The first-order chi connectivity index (χ1) is 21.4. The molecule has 2 aromatic heterocycles. The number of allylic oxidation sites excluding steroid dienone is 1. The molecule has 0 fully saturated rings. The lowest BCUT2D eigenvalue weighted by Gasteiger charge is -2.26. The van der Waals surface area contributed by atoms with Crippen LogP contribution in [0.3, 0.4) is 0 Å². The quantitative estimate of drug-likeness (QED) is 0.171. The van der Waals surface area contributed by atoms with E-state index >= 15 is 0 Å². The van der Waals surface area contributed by atoms with Gasteiger partial charge in [0, 0.05) is 33.7 Å². The summed E-state index contributed by atoms with van der Waals surface area (Å²) in [5.41, 5.74) is 4.80. The van der Waals surface area contributed by atoms with E-state index in [1.165, 1.54) is 16.9 Å². The van der Waals surface area contributed by atoms with Crippen LogP contribution in [0.2, 0.25) is 0 Å². The predicted octanol–water partition coefficient (Wildman–Crippen LogP) is 6.35. The summed E-state index contributed by atoms with van der Waals surface area (Å²) in [6.45, 7) is 4.75. The van der Waals surface area contributed by atoms with Gasteiger partial charge >= 0.3 is 5.97 Å². The van der Waals surface area contributed by atoms with Gasteiger partial charge in [-0.15, -0.1) is 0 Å². The number of hydrogen-bond acceptors (Lipinski definition) is 6. The molecule has 224 valence electrons. The highest BCUT2D eigenvalue weighted by molar-refractivity contribution is 9.10. The molecule has 1 atom stereocenters. The molecule has 3 heterocycles. The van der Waals surface area contributed by atoms with Crippen molar-refractivity contribution in [2.75, 3.05) is 13.7 Å². The van der Waals surface area contributed by atoms with Gasteiger partial charge in [0.25, 0.3) is 5.56 Å². The van der Waals surface area contributed by atoms with Crippen LogP contribution in [0.15, 0.2) is 105 Å². The third kappa shape index (κ3) is 5.69. The molecule has 1 aliphatic rings. The molecule has 3 aromatic carbocycles. The number of methoxy groups -OCH3 is 1. The van der Waals surface area contributed by atoms with Gasteiger partial charge in [-0.1, -0.05) is 83.1 Å². The summed E-state index contributed by atoms with van der Waals surface area (Å²) >= 11 is 4.86. The second-order valence-electron chi connectivity index (χ2n) is 10.5. The second-order valence-corrected chi connectivity index (χ2v) is 12.5. The lowest BCUT2D eigenvalue weighted by atomic mass is 9.94. The fourth-order valence-electron chi connectivity index (χ4n) is 5.70. The molecule has 1 aliphatic heterocycles. The van der Waals surface area contributed by atoms with E-state index < -0.39 is 12.0 Å². The Morgan fingerprint density at radius 3 is 2.61 bits per heavy atom. The fourth-order valence-corrected chi connectivity index (χ4v) is 6.97. The number of halogens is 1. The number of thiazole rings is 1. The summed E-state index contributed by atoms with van der Waals surface area (Å²) in [7, 11) is 1.60. The van der Waals surface area contributed by atoms with Gasteiger partial charge in [-0.25, -0.2) is 9.79 Å². The number of carbonyl (C=O) groups excluding carboxylic acids is 1. The first kappa shape index (κ1) is 29.8. The average Bonchev–Trinajstić information content (AvgIpc) is 3.54. The summed E-state index contributed by atoms with van der Waals surface area (Å²) in [5, 5.41) is 1.05. The molecule has 0 unspecified atom stereocenters. The van der Waals surface area contributed by atoms with Crippen LogP contribution in [0.25, 0.3) is 17.0 Å². The normalized spacial score (nSPS) is 14.9. The zero-order valence-corrected chi connectivity index (χ0v) is 27.2. The van der Waals surface area contributed by atoms with Crippen LogP contribution in [0.5, 0.6) is 5.75 Å². The van der Waals surface area contributed by atoms with Crippen LogP contribution in [-0.2, 0) is 16.1 Å². The van der Waals surface area contributed by atoms with Crippen molar-refractivity contribution in [3.05, 3.63) is 131 Å². The number of nitrogens with zero attached hydrogens (tertiary/aromatic N) is 3. The van der Waals surface area contributed by atoms with Crippen LogP contribution >= 0.6 is 27.3 Å². The number of fused-ring (bicyclic) bond motifs is 2. The number of ether oxygens (including phenoxy) is 2. The van der Waals surface area contributed by atoms with Crippen LogP contribution in [0, 0.1) is 0 Å². The minimum absolute atomic E-state index is 0.205. The van der Waals surface area contributed by atoms with Crippen molar-refractivity contribution >= 4 is 50.2 Å². The first-order valence-electron chi connectivity index (χ1n) is 14.6. The minimum atomic E-state index is -0.692. The minimum Gasteiger partial charge on any atom is -0.497 e. The molecule has 0 radical (unpaired) electrons. The number of carbonyl (C=O) groups is 1. The molecule has 0 bridgehead atoms. The predicted molar refractivity (Wildman–Crippen MR) is 178 cm³/mol. The van der Waals surface area contributed by atoms with Gasteiger partial charge in [-0.3, -0.25) is 9.36 Å². The molecule has 0 aliphatic carbocycles. The zero-order chi connectivity index (χ0) is 30.8. The van der Waals surface area contributed by atoms with Crippen molar-refractivity contribution in [1.29, 1.82) is 0 Å². The largest absolute Gasteiger partial charge is 0.497 e. The smallest absolute Gasteiger partial charge is 0.338 e. The highest BCUT2D eigenvalue weighted by Gasteiger charge is 2.34. The summed E-state index contributed by atoms with van der Waals surface area (Å²) in [6.07, 6.45) is 5.42. The molecule has 0 saturated carbocycles. The molecule has 7 nitrogen and oxygen atoms in total. The Morgan fingerprint density at radius 1 is 1.07 bits per heavy atom. The van der Waals surface area contributed by atoms with E-state index in [9.17, 15) is 9.59 Å². The first-order valence-corrected chi connectivity index (χ1v) is 16.2. The Morgan fingerprint density at radius 2 is 1.86 bits per heavy atom. The molecule has 44 heavy (non-hydrogen) atoms. The Bertz CT molecular complexity index is 2070. The Kier molecular flexibility index (Phi) is 8.68. The standard InChI is InChI=1S/C35H32BrN3O4S/c1-4-9-28-31(34(41)43-5-2)32(23-10-8-11-26(18-23)42-3)39-33(40)30(44-35(39)37-28)19-24-21-38(29-13-7-6-12-27(24)29)20-22-14-16-25(36)17-15-22/h6-8,10-19,21,32H,4-5,9,20H2,1-3H3/b30-19+/t32-/m0/s1. The van der Waals surface area contributed by atoms with E-state index in [4.69, 9.17) is 14.5 Å². The van der Waals surface area contributed by atoms with E-state index in [0.717, 1.165) is 32.9 Å². The summed E-state index contributed by atoms with van der Waals surface area (Å²) < 4.78 is 16.4. The number of hydrogen-bond donors (Lipinski definition) is 0. The molecular formula is C35H32BrN3O4S. The zero-order valence-electron chi connectivity index (χ0n) is 24.7. The molecular weight excluding hydrogens is 638 g/mol. The SMILES string of the molecule is CCCC1=C(C(=O)OCC)[C@H](c2cccc(OC)c2)n2c(s/c(=C/c3cn(Cc4ccc(Br)cc4)c4ccccc34)c2=O)=N1. The van der Waals surface area contributed by atoms with Crippen LogP contribution in [-0.4, -0.2) is 28.8 Å². The Balaban J connectivity index is 1.54. The van der Waals surface area contributed by atoms with Crippen molar-refractivity contribution in [1.82, 2.24) is 9.13 Å². The number of rotatable bonds is 9. The van der Waals surface area contributed by atoms with E-state index in [0.29, 0.717) is 39.3 Å². The summed E-state index contributed by atoms with van der Waals surface area (Å²) in [4.78, 5) is 33.2. The van der Waals surface area contributed by atoms with Gasteiger partial charge in [-0.05, 0) is 60.9 Å². The van der Waals surface area contributed by atoms with Crippen molar-refractivity contribution < 1.29 is 14.3 Å². The van der Waals surface area contributed by atoms with Gasteiger partial charge in [0.05, 0.1) is 35.6 Å². The third-order valence-electron chi connectivity index (χ3n) is 7.67. The van der Waals surface area contributed by atoms with Gasteiger partial charge in [0.2, 0.25) is 0 Å². The highest BCUT2D eigenvalue weighted by Crippen LogP contribution is 2.34. The molecule has 0 saturated heterocycles. The number of aromatic nitrogens is 2. The third-order valence-corrected chi connectivity index (χ3v) is 9.19. The van der Waals surface area contributed by atoms with E-state index in [-0.39, 0.29) is 12.2 Å². The van der Waals surface area contributed by atoms with Crippen LogP contribution in [0.4, 0.5) is 0 Å². The maximum atomic E-state index is 14.3. The van der Waals surface area contributed by atoms with E-state index in [1.807, 2.05) is 61.5 Å². The van der Waals surface area contributed by atoms with E-state index in [2.05, 4.69) is 51.0 Å². The van der Waals surface area contributed by atoms with Crippen molar-refractivity contribution in [3.63, 3.8) is 0 Å². The molecule has 9 heteroatoms. The van der Waals surface area contributed by atoms with Crippen LogP contribution in [0.1, 0.15) is 49.4 Å². The number of esters is 1. The molecule has 6 rings (SSSR count). The lowest BCUT2D eigenvalue weighted by molar-refractivity contribution is -0.139. The molecule has 5 aromatic rings. The maximum Gasteiger partial charge on any atom is 0.338 e. The van der Waals surface area contributed by atoms with Gasteiger partial charge < -0.3 is 14.0 Å². The van der Waals surface area contributed by atoms with Gasteiger partial charge in [-0.2, -0.15) is 0 Å². The fraction of sp³-hybridized carbons (Fsp3) is 0.229. The van der Waals surface area contributed by atoms with Gasteiger partial charge in [0.1, 0.15) is 5.75 Å². The van der Waals surface area contributed by atoms with Gasteiger partial charge in [0.15, 0.2) is 4.80 Å². The molecule has 0 N–H and O–H groups in total. The van der Waals surface area contributed by atoms with E-state index in [1.54, 1.807) is 18.6 Å². The highest BCUT2D eigenvalue weighted by atomic mass is 79.9. The van der Waals surface area contributed by atoms with Crippen molar-refractivity contribution in [2.24, 2.45) is 4.99 Å². The Labute approximate surface area is 267 Å².